The zero-order chi connectivity index (χ0) is 15.3. The Balaban J connectivity index is 2.38. The number of hydrogen-bond acceptors (Lipinski definition) is 6. The summed E-state index contributed by atoms with van der Waals surface area (Å²) in [5.41, 5.74) is 0.102. The predicted molar refractivity (Wildman–Crippen MR) is 72.8 cm³/mol. The summed E-state index contributed by atoms with van der Waals surface area (Å²) in [6.45, 7) is 4.58. The summed E-state index contributed by atoms with van der Waals surface area (Å²) in [5, 5.41) is 24.4. The highest BCUT2D eigenvalue weighted by atomic mass is 16.6. The lowest BCUT2D eigenvalue weighted by atomic mass is 10.2. The zero-order valence-electron chi connectivity index (χ0n) is 11.5. The average molecular weight is 291 g/mol. The molecule has 0 aromatic carbocycles. The molecule has 0 aliphatic carbocycles. The van der Waals surface area contributed by atoms with E-state index in [1.54, 1.807) is 0 Å². The first kappa shape index (κ1) is 13.3. The van der Waals surface area contributed by atoms with E-state index < -0.39 is 10.9 Å². The van der Waals surface area contributed by atoms with Gasteiger partial charge in [-0.15, -0.1) is 0 Å². The van der Waals surface area contributed by atoms with Crippen molar-refractivity contribution in [2.24, 2.45) is 0 Å². The molecule has 21 heavy (non-hydrogen) atoms. The normalized spacial score (nSPS) is 14.0. The molecule has 0 spiro atoms. The molecule has 0 amide bonds. The van der Waals surface area contributed by atoms with Gasteiger partial charge >= 0.3 is 11.7 Å². The van der Waals surface area contributed by atoms with Crippen LogP contribution in [-0.4, -0.2) is 43.2 Å². The van der Waals surface area contributed by atoms with Crippen LogP contribution in [0.3, 0.4) is 0 Å². The molecule has 1 aliphatic rings. The van der Waals surface area contributed by atoms with Gasteiger partial charge in [0.25, 0.3) is 0 Å². The Morgan fingerprint density at radius 1 is 1.52 bits per heavy atom. The summed E-state index contributed by atoms with van der Waals surface area (Å²) in [7, 11) is 0. The van der Waals surface area contributed by atoms with E-state index in [2.05, 4.69) is 10.1 Å². The lowest BCUT2D eigenvalue weighted by Gasteiger charge is -2.24. The Kier molecular flexibility index (Phi) is 2.78. The molecule has 1 aliphatic heterocycles. The summed E-state index contributed by atoms with van der Waals surface area (Å²) in [6, 6.07) is 0.127. The van der Waals surface area contributed by atoms with Gasteiger partial charge < -0.3 is 10.0 Å². The Labute approximate surface area is 119 Å². The SMILES string of the molecule is CC(C)N1CCc2c(C(=O)O)nc3c([N+](=O)[O-])cnn3c21. The molecule has 3 rings (SSSR count). The van der Waals surface area contributed by atoms with Crippen molar-refractivity contribution in [3.05, 3.63) is 27.6 Å². The largest absolute Gasteiger partial charge is 0.476 e. The summed E-state index contributed by atoms with van der Waals surface area (Å²) in [5.74, 6) is -0.602. The molecule has 0 bridgehead atoms. The minimum Gasteiger partial charge on any atom is -0.476 e. The van der Waals surface area contributed by atoms with Crippen molar-refractivity contribution in [1.29, 1.82) is 0 Å². The van der Waals surface area contributed by atoms with Gasteiger partial charge in [-0.1, -0.05) is 0 Å². The molecule has 1 N–H and O–H groups in total. The van der Waals surface area contributed by atoms with Gasteiger partial charge in [-0.25, -0.2) is 9.78 Å². The smallest absolute Gasteiger partial charge is 0.355 e. The third-order valence-electron chi connectivity index (χ3n) is 3.60. The monoisotopic (exact) mass is 291 g/mol. The van der Waals surface area contributed by atoms with Crippen LogP contribution in [0.25, 0.3) is 5.65 Å². The van der Waals surface area contributed by atoms with E-state index >= 15 is 0 Å². The van der Waals surface area contributed by atoms with Gasteiger partial charge in [0, 0.05) is 18.2 Å². The molecule has 2 aromatic rings. The van der Waals surface area contributed by atoms with Gasteiger partial charge in [0.05, 0.1) is 4.92 Å². The predicted octanol–water partition coefficient (Wildman–Crippen LogP) is 1.11. The standard InChI is InChI=1S/C12H13N5O4/c1-6(2)15-4-3-7-9(12(18)19)14-10-8(17(20)21)5-13-16(10)11(7)15/h5-6H,3-4H2,1-2H3,(H,18,19). The van der Waals surface area contributed by atoms with Crippen molar-refractivity contribution >= 4 is 23.1 Å². The summed E-state index contributed by atoms with van der Waals surface area (Å²) in [4.78, 5) is 27.8. The number of aromatic carboxylic acids is 1. The minimum absolute atomic E-state index is 0.0382. The third kappa shape index (κ3) is 1.81. The Morgan fingerprint density at radius 3 is 2.81 bits per heavy atom. The van der Waals surface area contributed by atoms with Crippen LogP contribution in [0.15, 0.2) is 6.20 Å². The van der Waals surface area contributed by atoms with Crippen molar-refractivity contribution in [2.45, 2.75) is 26.3 Å². The molecule has 110 valence electrons. The highest BCUT2D eigenvalue weighted by molar-refractivity contribution is 5.91. The molecule has 0 saturated heterocycles. The van der Waals surface area contributed by atoms with Crippen LogP contribution >= 0.6 is 0 Å². The first-order valence-corrected chi connectivity index (χ1v) is 6.46. The minimum atomic E-state index is -1.19. The van der Waals surface area contributed by atoms with Crippen LogP contribution in [0, 0.1) is 10.1 Å². The number of anilines is 1. The van der Waals surface area contributed by atoms with E-state index in [1.807, 2.05) is 18.7 Å². The fourth-order valence-electron chi connectivity index (χ4n) is 2.67. The summed E-state index contributed by atoms with van der Waals surface area (Å²) in [6.07, 6.45) is 1.64. The first-order chi connectivity index (χ1) is 9.91. The number of rotatable bonds is 3. The highest BCUT2D eigenvalue weighted by Gasteiger charge is 2.33. The Morgan fingerprint density at radius 2 is 2.24 bits per heavy atom. The second-order valence-corrected chi connectivity index (χ2v) is 5.13. The number of nitro groups is 1. The van der Waals surface area contributed by atoms with Gasteiger partial charge in [-0.3, -0.25) is 10.1 Å². The maximum atomic E-state index is 11.4. The lowest BCUT2D eigenvalue weighted by Crippen LogP contribution is -2.30. The second-order valence-electron chi connectivity index (χ2n) is 5.13. The lowest BCUT2D eigenvalue weighted by molar-refractivity contribution is -0.383. The van der Waals surface area contributed by atoms with E-state index in [4.69, 9.17) is 0 Å². The number of carboxylic acid groups (broad SMARTS) is 1. The van der Waals surface area contributed by atoms with E-state index in [1.165, 1.54) is 4.52 Å². The molecule has 3 heterocycles. The summed E-state index contributed by atoms with van der Waals surface area (Å²) >= 11 is 0. The quantitative estimate of drug-likeness (QED) is 0.665. The van der Waals surface area contributed by atoms with E-state index in [0.29, 0.717) is 24.3 Å². The molecule has 0 atom stereocenters. The molecule has 2 aromatic heterocycles. The van der Waals surface area contributed by atoms with E-state index in [0.717, 1.165) is 6.20 Å². The zero-order valence-corrected chi connectivity index (χ0v) is 11.5. The van der Waals surface area contributed by atoms with Gasteiger partial charge in [0.15, 0.2) is 5.69 Å². The van der Waals surface area contributed by atoms with Crippen molar-refractivity contribution in [3.63, 3.8) is 0 Å². The molecule has 9 nitrogen and oxygen atoms in total. The van der Waals surface area contributed by atoms with Gasteiger partial charge in [-0.2, -0.15) is 9.61 Å². The third-order valence-corrected chi connectivity index (χ3v) is 3.60. The van der Waals surface area contributed by atoms with Crippen LogP contribution in [0.5, 0.6) is 0 Å². The molecule has 0 radical (unpaired) electrons. The van der Waals surface area contributed by atoms with E-state index in [9.17, 15) is 20.0 Å². The summed E-state index contributed by atoms with van der Waals surface area (Å²) < 4.78 is 1.37. The van der Waals surface area contributed by atoms with Crippen LogP contribution in [-0.2, 0) is 6.42 Å². The van der Waals surface area contributed by atoms with E-state index in [-0.39, 0.29) is 23.1 Å². The molecule has 0 fully saturated rings. The second kappa shape index (κ2) is 4.40. The van der Waals surface area contributed by atoms with Crippen LogP contribution in [0.2, 0.25) is 0 Å². The topological polar surface area (TPSA) is 114 Å². The maximum absolute atomic E-state index is 11.4. The number of carboxylic acids is 1. The molecular weight excluding hydrogens is 278 g/mol. The Bertz CT molecular complexity index is 767. The van der Waals surface area contributed by atoms with Gasteiger partial charge in [0.1, 0.15) is 12.0 Å². The number of fused-ring (bicyclic) bond motifs is 3. The maximum Gasteiger partial charge on any atom is 0.355 e. The molecule has 0 saturated carbocycles. The van der Waals surface area contributed by atoms with Crippen LogP contribution in [0.4, 0.5) is 11.5 Å². The molecule has 0 unspecified atom stereocenters. The van der Waals surface area contributed by atoms with Crippen LogP contribution < -0.4 is 4.90 Å². The van der Waals surface area contributed by atoms with Crippen molar-refractivity contribution in [3.8, 4) is 0 Å². The van der Waals surface area contributed by atoms with Crippen molar-refractivity contribution in [1.82, 2.24) is 14.6 Å². The van der Waals surface area contributed by atoms with Crippen molar-refractivity contribution < 1.29 is 14.8 Å². The van der Waals surface area contributed by atoms with Gasteiger partial charge in [0.2, 0.25) is 5.65 Å². The van der Waals surface area contributed by atoms with Crippen molar-refractivity contribution in [2.75, 3.05) is 11.4 Å². The van der Waals surface area contributed by atoms with Crippen LogP contribution in [0.1, 0.15) is 29.9 Å². The molecular formula is C12H13N5O4. The Hall–Kier alpha value is -2.71. The van der Waals surface area contributed by atoms with Gasteiger partial charge in [-0.05, 0) is 20.3 Å². The fourth-order valence-corrected chi connectivity index (χ4v) is 2.67. The molecule has 9 heteroatoms. The first-order valence-electron chi connectivity index (χ1n) is 6.46. The highest BCUT2D eigenvalue weighted by Crippen LogP contribution is 2.34. The fraction of sp³-hybridized carbons (Fsp3) is 0.417. The number of hydrogen-bond donors (Lipinski definition) is 1. The number of carbonyl (C=O) groups is 1. The number of aromatic nitrogens is 3. The number of nitrogens with zero attached hydrogens (tertiary/aromatic N) is 5. The average Bonchev–Trinajstić information content (AvgIpc) is 3.00.